The molecule has 0 saturated heterocycles. The van der Waals surface area contributed by atoms with E-state index < -0.39 is 8.25 Å². The summed E-state index contributed by atoms with van der Waals surface area (Å²) in [6, 6.07) is 0. The van der Waals surface area contributed by atoms with Crippen molar-refractivity contribution in [1.82, 2.24) is 0 Å². The average molecular weight is 249 g/mol. The van der Waals surface area contributed by atoms with Crippen LogP contribution in [-0.4, -0.2) is 13.2 Å². The molecule has 16 heavy (non-hydrogen) atoms. The second kappa shape index (κ2) is 10.2. The number of hydrogen-bond donors (Lipinski definition) is 0. The van der Waals surface area contributed by atoms with Crippen molar-refractivity contribution in [3.05, 3.63) is 0 Å². The molecule has 0 spiro atoms. The zero-order valence-corrected chi connectivity index (χ0v) is 12.0. The minimum absolute atomic E-state index is 0.496. The van der Waals surface area contributed by atoms with Gasteiger partial charge in [-0.3, -0.25) is 0 Å². The third-order valence-electron chi connectivity index (χ3n) is 3.14. The molecule has 0 rings (SSSR count). The van der Waals surface area contributed by atoms with E-state index in [-0.39, 0.29) is 0 Å². The summed E-state index contributed by atoms with van der Waals surface area (Å²) in [5, 5.41) is 0. The Morgan fingerprint density at radius 2 is 1.12 bits per heavy atom. The van der Waals surface area contributed by atoms with Crippen LogP contribution in [-0.2, 0) is 13.6 Å². The summed E-state index contributed by atoms with van der Waals surface area (Å²) in [6.07, 6.45) is 4.25. The van der Waals surface area contributed by atoms with E-state index in [2.05, 4.69) is 27.7 Å². The molecule has 4 heteroatoms. The van der Waals surface area contributed by atoms with Gasteiger partial charge in [-0.05, 0) is 11.8 Å². The van der Waals surface area contributed by atoms with Crippen molar-refractivity contribution in [2.45, 2.75) is 53.4 Å². The van der Waals surface area contributed by atoms with Gasteiger partial charge in [-0.2, -0.15) is 0 Å². The van der Waals surface area contributed by atoms with Crippen LogP contribution >= 0.6 is 8.25 Å². The van der Waals surface area contributed by atoms with Crippen molar-refractivity contribution in [3.8, 4) is 0 Å². The second-order valence-electron chi connectivity index (χ2n) is 4.18. The SMILES string of the molecule is CCC(CC)CO[P+](=O)OCC(CC)CC. The molecule has 0 amide bonds. The summed E-state index contributed by atoms with van der Waals surface area (Å²) in [7, 11) is -1.92. The fourth-order valence-electron chi connectivity index (χ4n) is 1.42. The van der Waals surface area contributed by atoms with Crippen molar-refractivity contribution in [2.75, 3.05) is 13.2 Å². The topological polar surface area (TPSA) is 35.5 Å². The van der Waals surface area contributed by atoms with Crippen LogP contribution < -0.4 is 0 Å². The van der Waals surface area contributed by atoms with Crippen molar-refractivity contribution >= 4 is 8.25 Å². The highest BCUT2D eigenvalue weighted by atomic mass is 31.1. The van der Waals surface area contributed by atoms with Crippen molar-refractivity contribution in [3.63, 3.8) is 0 Å². The first-order valence-electron chi connectivity index (χ1n) is 6.40. The maximum atomic E-state index is 11.4. The van der Waals surface area contributed by atoms with Crippen molar-refractivity contribution in [1.29, 1.82) is 0 Å². The summed E-state index contributed by atoms with van der Waals surface area (Å²) in [6.45, 7) is 9.58. The molecule has 0 atom stereocenters. The Bertz CT molecular complexity index is 159. The van der Waals surface area contributed by atoms with E-state index in [4.69, 9.17) is 9.05 Å². The van der Waals surface area contributed by atoms with Crippen LogP contribution in [0.5, 0.6) is 0 Å². The first-order valence-corrected chi connectivity index (χ1v) is 7.50. The van der Waals surface area contributed by atoms with Gasteiger partial charge in [0, 0.05) is 4.57 Å². The highest BCUT2D eigenvalue weighted by Crippen LogP contribution is 2.27. The maximum absolute atomic E-state index is 11.4. The van der Waals surface area contributed by atoms with Crippen LogP contribution in [0.2, 0.25) is 0 Å². The molecule has 3 nitrogen and oxygen atoms in total. The molecule has 0 aromatic rings. The van der Waals surface area contributed by atoms with Crippen LogP contribution in [0, 0.1) is 11.8 Å². The van der Waals surface area contributed by atoms with Crippen LogP contribution in [0.1, 0.15) is 53.4 Å². The van der Waals surface area contributed by atoms with Gasteiger partial charge >= 0.3 is 8.25 Å². The lowest BCUT2D eigenvalue weighted by molar-refractivity contribution is 0.171. The standard InChI is InChI=1S/C12H26O3P/c1-5-11(6-2)9-14-16(13)15-10-12(7-3)8-4/h11-12H,5-10H2,1-4H3/q+1. The Labute approximate surface area is 101 Å². The molecule has 0 aliphatic heterocycles. The summed E-state index contributed by atoms with van der Waals surface area (Å²) in [5.41, 5.74) is 0. The van der Waals surface area contributed by atoms with Crippen LogP contribution in [0.15, 0.2) is 0 Å². The van der Waals surface area contributed by atoms with Crippen molar-refractivity contribution in [2.24, 2.45) is 11.8 Å². The molecule has 0 unspecified atom stereocenters. The number of hydrogen-bond acceptors (Lipinski definition) is 3. The predicted molar refractivity (Wildman–Crippen MR) is 67.7 cm³/mol. The molecule has 0 N–H and O–H groups in total. The Hall–Kier alpha value is 0.0200. The molecule has 0 aromatic carbocycles. The molecule has 0 aliphatic carbocycles. The Morgan fingerprint density at radius 3 is 1.38 bits per heavy atom. The third kappa shape index (κ3) is 7.32. The molecule has 0 bridgehead atoms. The molecule has 0 heterocycles. The molecule has 0 aromatic heterocycles. The van der Waals surface area contributed by atoms with E-state index in [1.165, 1.54) is 0 Å². The van der Waals surface area contributed by atoms with E-state index in [0.717, 1.165) is 25.7 Å². The summed E-state index contributed by atoms with van der Waals surface area (Å²) < 4.78 is 21.8. The van der Waals surface area contributed by atoms with Crippen LogP contribution in [0.4, 0.5) is 0 Å². The fourth-order valence-corrected chi connectivity index (χ4v) is 2.16. The molecule has 96 valence electrons. The average Bonchev–Trinajstić information content (AvgIpc) is 2.31. The highest BCUT2D eigenvalue weighted by Gasteiger charge is 2.23. The molecule has 0 aliphatic rings. The number of rotatable bonds is 10. The van der Waals surface area contributed by atoms with Gasteiger partial charge in [0.25, 0.3) is 0 Å². The van der Waals surface area contributed by atoms with E-state index in [9.17, 15) is 4.57 Å². The van der Waals surface area contributed by atoms with Gasteiger partial charge < -0.3 is 0 Å². The van der Waals surface area contributed by atoms with E-state index in [0.29, 0.717) is 25.0 Å². The lowest BCUT2D eigenvalue weighted by atomic mass is 10.1. The van der Waals surface area contributed by atoms with Gasteiger partial charge in [-0.25, -0.2) is 0 Å². The summed E-state index contributed by atoms with van der Waals surface area (Å²) in [4.78, 5) is 0. The van der Waals surface area contributed by atoms with Gasteiger partial charge in [-0.15, -0.1) is 9.05 Å². The molecule has 0 fully saturated rings. The highest BCUT2D eigenvalue weighted by molar-refractivity contribution is 7.33. The predicted octanol–water partition coefficient (Wildman–Crippen LogP) is 4.55. The molecular formula is C12H26O3P+. The van der Waals surface area contributed by atoms with Crippen molar-refractivity contribution < 1.29 is 13.6 Å². The van der Waals surface area contributed by atoms with E-state index in [1.807, 2.05) is 0 Å². The van der Waals surface area contributed by atoms with Gasteiger partial charge in [0.1, 0.15) is 13.2 Å². The minimum Gasteiger partial charge on any atom is -0.119 e. The maximum Gasteiger partial charge on any atom is 0.697 e. The van der Waals surface area contributed by atoms with Gasteiger partial charge in [-0.1, -0.05) is 53.4 Å². The Morgan fingerprint density at radius 1 is 0.812 bits per heavy atom. The molecular weight excluding hydrogens is 223 g/mol. The normalized spacial score (nSPS) is 11.4. The zero-order chi connectivity index (χ0) is 12.4. The zero-order valence-electron chi connectivity index (χ0n) is 11.1. The third-order valence-corrected chi connectivity index (χ3v) is 3.86. The quantitative estimate of drug-likeness (QED) is 0.533. The lowest BCUT2D eigenvalue weighted by Crippen LogP contribution is -2.07. The van der Waals surface area contributed by atoms with Gasteiger partial charge in [0.15, 0.2) is 0 Å². The Balaban J connectivity index is 3.65. The van der Waals surface area contributed by atoms with Crippen LogP contribution in [0.25, 0.3) is 0 Å². The smallest absolute Gasteiger partial charge is 0.119 e. The van der Waals surface area contributed by atoms with E-state index >= 15 is 0 Å². The Kier molecular flexibility index (Phi) is 10.2. The van der Waals surface area contributed by atoms with E-state index in [1.54, 1.807) is 0 Å². The fraction of sp³-hybridized carbons (Fsp3) is 1.00. The second-order valence-corrected chi connectivity index (χ2v) is 5.14. The monoisotopic (exact) mass is 249 g/mol. The molecule has 0 saturated carbocycles. The minimum atomic E-state index is -1.92. The van der Waals surface area contributed by atoms with Gasteiger partial charge in [0.05, 0.1) is 0 Å². The first-order chi connectivity index (χ1) is 7.67. The summed E-state index contributed by atoms with van der Waals surface area (Å²) in [5.74, 6) is 0.992. The van der Waals surface area contributed by atoms with Gasteiger partial charge in [0.2, 0.25) is 0 Å². The molecule has 0 radical (unpaired) electrons. The first kappa shape index (κ1) is 16.0. The summed E-state index contributed by atoms with van der Waals surface area (Å²) >= 11 is 0. The van der Waals surface area contributed by atoms with Crippen LogP contribution in [0.3, 0.4) is 0 Å². The largest absolute Gasteiger partial charge is 0.697 e. The lowest BCUT2D eigenvalue weighted by Gasteiger charge is -2.07.